The number of hydrogen-bond acceptors (Lipinski definition) is 4. The number of fused-ring (bicyclic) bond motifs is 1. The molecule has 178 valence electrons. The Bertz CT molecular complexity index is 1200. The number of carbonyl (C=O) groups excluding carboxylic acids is 1. The second kappa shape index (κ2) is 9.51. The number of aromatic nitrogens is 3. The Morgan fingerprint density at radius 1 is 1.24 bits per heavy atom. The Morgan fingerprint density at radius 3 is 2.74 bits per heavy atom. The molecule has 3 aromatic rings. The Balaban J connectivity index is 1.37. The van der Waals surface area contributed by atoms with Crippen LogP contribution in [-0.2, 0) is 20.1 Å². The highest BCUT2D eigenvalue weighted by molar-refractivity contribution is 6.32. The molecule has 2 heterocycles. The van der Waals surface area contributed by atoms with Crippen LogP contribution < -0.4 is 10.2 Å². The van der Waals surface area contributed by atoms with E-state index in [9.17, 15) is 4.79 Å². The number of nitrogens with one attached hydrogen (secondary N) is 1. The first-order chi connectivity index (χ1) is 16.5. The number of rotatable bonds is 8. The number of halogens is 1. The Labute approximate surface area is 206 Å². The summed E-state index contributed by atoms with van der Waals surface area (Å²) in [7, 11) is 1.96. The van der Waals surface area contributed by atoms with Crippen LogP contribution in [0.15, 0.2) is 42.7 Å². The number of anilines is 1. The number of aryl methyl sites for hydroxylation is 1. The third-order valence-corrected chi connectivity index (χ3v) is 7.92. The normalized spacial score (nSPS) is 17.5. The maximum absolute atomic E-state index is 13.5. The van der Waals surface area contributed by atoms with E-state index in [1.165, 1.54) is 19.3 Å². The van der Waals surface area contributed by atoms with Gasteiger partial charge in [-0.3, -0.25) is 4.79 Å². The number of benzene rings is 2. The first-order valence-electron chi connectivity index (χ1n) is 12.3. The van der Waals surface area contributed by atoms with Gasteiger partial charge in [0.1, 0.15) is 12.2 Å². The van der Waals surface area contributed by atoms with Crippen molar-refractivity contribution in [2.45, 2.75) is 64.6 Å². The molecule has 1 fully saturated rings. The summed E-state index contributed by atoms with van der Waals surface area (Å²) in [5, 5.41) is 12.7. The molecule has 1 amide bonds. The number of carbonyl (C=O) groups is 1. The lowest BCUT2D eigenvalue weighted by molar-refractivity contribution is 0.0996. The molecular formula is C27H32ClN5O. The highest BCUT2D eigenvalue weighted by atomic mass is 35.5. The fraction of sp³-hybridized carbons (Fsp3) is 0.444. The van der Waals surface area contributed by atoms with Gasteiger partial charge in [0.05, 0.1) is 6.54 Å². The van der Waals surface area contributed by atoms with Gasteiger partial charge in [0, 0.05) is 47.4 Å². The zero-order valence-electron chi connectivity index (χ0n) is 20.1. The van der Waals surface area contributed by atoms with Crippen molar-refractivity contribution >= 4 is 23.2 Å². The third kappa shape index (κ3) is 4.25. The molecule has 1 N–H and O–H groups in total. The smallest absolute Gasteiger partial charge is 0.258 e. The van der Waals surface area contributed by atoms with Gasteiger partial charge in [-0.25, -0.2) is 0 Å². The molecule has 1 aliphatic heterocycles. The van der Waals surface area contributed by atoms with Crippen LogP contribution >= 0.6 is 11.6 Å². The topological polar surface area (TPSA) is 63.1 Å². The highest BCUT2D eigenvalue weighted by Crippen LogP contribution is 2.36. The van der Waals surface area contributed by atoms with Crippen LogP contribution in [0.25, 0.3) is 0 Å². The zero-order chi connectivity index (χ0) is 23.8. The van der Waals surface area contributed by atoms with E-state index < -0.39 is 0 Å². The van der Waals surface area contributed by atoms with E-state index in [2.05, 4.69) is 41.5 Å². The van der Waals surface area contributed by atoms with Crippen LogP contribution in [0.3, 0.4) is 0 Å². The first-order valence-corrected chi connectivity index (χ1v) is 12.6. The maximum atomic E-state index is 13.5. The lowest BCUT2D eigenvalue weighted by atomic mass is 9.80. The largest absolute Gasteiger partial charge is 0.320 e. The predicted octanol–water partition coefficient (Wildman–Crippen LogP) is 5.45. The van der Waals surface area contributed by atoms with E-state index in [4.69, 9.17) is 11.6 Å². The van der Waals surface area contributed by atoms with E-state index in [0.29, 0.717) is 23.2 Å². The fourth-order valence-corrected chi connectivity index (χ4v) is 5.50. The molecule has 2 atom stereocenters. The molecule has 2 aliphatic rings. The van der Waals surface area contributed by atoms with E-state index in [-0.39, 0.29) is 11.8 Å². The van der Waals surface area contributed by atoms with Crippen molar-refractivity contribution in [1.82, 2.24) is 20.1 Å². The van der Waals surface area contributed by atoms with Crippen LogP contribution in [0.2, 0.25) is 5.02 Å². The van der Waals surface area contributed by atoms with Crippen molar-refractivity contribution in [3.63, 3.8) is 0 Å². The Hall–Kier alpha value is -2.70. The van der Waals surface area contributed by atoms with Crippen molar-refractivity contribution in [3.8, 4) is 0 Å². The summed E-state index contributed by atoms with van der Waals surface area (Å²) in [6.45, 7) is 5.61. The summed E-state index contributed by atoms with van der Waals surface area (Å²) in [6, 6.07) is 12.7. The van der Waals surface area contributed by atoms with Crippen molar-refractivity contribution in [1.29, 1.82) is 0 Å². The zero-order valence-corrected chi connectivity index (χ0v) is 20.8. The summed E-state index contributed by atoms with van der Waals surface area (Å²) in [5.41, 5.74) is 4.70. The molecule has 1 aromatic heterocycles. The minimum atomic E-state index is 0.00893. The van der Waals surface area contributed by atoms with Gasteiger partial charge < -0.3 is 14.8 Å². The Morgan fingerprint density at radius 2 is 2.06 bits per heavy atom. The van der Waals surface area contributed by atoms with Crippen LogP contribution in [0, 0.1) is 5.92 Å². The van der Waals surface area contributed by atoms with Crippen LogP contribution in [0.4, 0.5) is 5.69 Å². The van der Waals surface area contributed by atoms with Gasteiger partial charge in [-0.05, 0) is 67.5 Å². The van der Waals surface area contributed by atoms with Gasteiger partial charge in [-0.2, -0.15) is 0 Å². The molecule has 0 unspecified atom stereocenters. The van der Waals surface area contributed by atoms with Crippen LogP contribution in [0.1, 0.15) is 78.3 Å². The average Bonchev–Trinajstić information content (AvgIpc) is 3.36. The lowest BCUT2D eigenvalue weighted by Crippen LogP contribution is -2.36. The summed E-state index contributed by atoms with van der Waals surface area (Å²) in [6.07, 6.45) is 6.57. The van der Waals surface area contributed by atoms with Gasteiger partial charge in [-0.1, -0.05) is 37.1 Å². The predicted molar refractivity (Wildman–Crippen MR) is 135 cm³/mol. The average molecular weight is 478 g/mol. The molecule has 0 saturated heterocycles. The molecule has 34 heavy (non-hydrogen) atoms. The third-order valence-electron chi connectivity index (χ3n) is 7.58. The number of hydrogen-bond donors (Lipinski definition) is 1. The Kier molecular flexibility index (Phi) is 6.45. The molecule has 7 heteroatoms. The first kappa shape index (κ1) is 23.1. The second-order valence-electron chi connectivity index (χ2n) is 9.71. The summed E-state index contributed by atoms with van der Waals surface area (Å²) >= 11 is 6.67. The minimum absolute atomic E-state index is 0.00893. The van der Waals surface area contributed by atoms with Gasteiger partial charge in [0.15, 0.2) is 0 Å². The lowest BCUT2D eigenvalue weighted by Gasteiger charge is -2.32. The maximum Gasteiger partial charge on any atom is 0.258 e. The molecule has 2 aromatic carbocycles. The summed E-state index contributed by atoms with van der Waals surface area (Å²) in [4.78, 5) is 15.3. The van der Waals surface area contributed by atoms with Crippen LogP contribution in [0.5, 0.6) is 0 Å². The number of nitrogens with zero attached hydrogens (tertiary/aromatic N) is 4. The summed E-state index contributed by atoms with van der Waals surface area (Å²) in [5.74, 6) is 1.82. The SMILES string of the molecule is CC[C@@H](c1cccc(N2Cc3c(Cl)cc(CN[C@@H](C)C4CCC4)cc3C2=O)c1)c1nncn1C. The molecule has 6 nitrogen and oxygen atoms in total. The molecule has 0 radical (unpaired) electrons. The van der Waals surface area contributed by atoms with E-state index in [1.807, 2.05) is 40.8 Å². The monoisotopic (exact) mass is 477 g/mol. The van der Waals surface area contributed by atoms with Gasteiger partial charge in [0.25, 0.3) is 5.91 Å². The van der Waals surface area contributed by atoms with Crippen LogP contribution in [-0.4, -0.2) is 26.7 Å². The molecule has 0 bridgehead atoms. The fourth-order valence-electron chi connectivity index (χ4n) is 5.20. The molecule has 1 aliphatic carbocycles. The van der Waals surface area contributed by atoms with Crippen molar-refractivity contribution < 1.29 is 4.79 Å². The second-order valence-corrected chi connectivity index (χ2v) is 10.1. The van der Waals surface area contributed by atoms with Gasteiger partial charge in [-0.15, -0.1) is 10.2 Å². The van der Waals surface area contributed by atoms with E-state index in [1.54, 1.807) is 6.33 Å². The van der Waals surface area contributed by atoms with Gasteiger partial charge in [0.2, 0.25) is 0 Å². The minimum Gasteiger partial charge on any atom is -0.320 e. The molecular weight excluding hydrogens is 446 g/mol. The summed E-state index contributed by atoms with van der Waals surface area (Å²) < 4.78 is 1.96. The van der Waals surface area contributed by atoms with Crippen molar-refractivity contribution in [3.05, 3.63) is 75.8 Å². The molecule has 5 rings (SSSR count). The standard InChI is InChI=1S/C27H32ClN5O/c1-4-22(26-31-30-16-32(26)3)20-9-6-10-21(13-20)33-15-24-23(27(33)34)11-18(12-25(24)28)14-29-17(2)19-7-5-8-19/h6,9-13,16-17,19,22,29H,4-5,7-8,14-15H2,1-3H3/t17-,22-/m0/s1. The van der Waals surface area contributed by atoms with Crippen molar-refractivity contribution in [2.75, 3.05) is 4.90 Å². The van der Waals surface area contributed by atoms with Crippen molar-refractivity contribution in [2.24, 2.45) is 13.0 Å². The number of amides is 1. The quantitative estimate of drug-likeness (QED) is 0.468. The molecule has 1 saturated carbocycles. The van der Waals surface area contributed by atoms with E-state index in [0.717, 1.165) is 47.1 Å². The van der Waals surface area contributed by atoms with E-state index >= 15 is 0 Å². The molecule has 0 spiro atoms. The van der Waals surface area contributed by atoms with Gasteiger partial charge >= 0.3 is 0 Å². The highest BCUT2D eigenvalue weighted by Gasteiger charge is 2.32.